The zero-order valence-electron chi connectivity index (χ0n) is 10.3. The number of amides is 1. The Kier molecular flexibility index (Phi) is 2.61. The number of hydrogen-bond acceptors (Lipinski definition) is 3. The van der Waals surface area contributed by atoms with E-state index in [1.165, 1.54) is 7.11 Å². The third-order valence-corrected chi connectivity index (χ3v) is 3.91. The maximum atomic E-state index is 11.8. The molecule has 2 aliphatic heterocycles. The zero-order chi connectivity index (χ0) is 12.7. The first-order valence-electron chi connectivity index (χ1n) is 6.21. The molecule has 0 N–H and O–H groups in total. The van der Waals surface area contributed by atoms with Crippen LogP contribution >= 0.6 is 0 Å². The summed E-state index contributed by atoms with van der Waals surface area (Å²) in [5.41, 5.74) is 1.11. The second-order valence-corrected chi connectivity index (χ2v) is 5.07. The van der Waals surface area contributed by atoms with Crippen molar-refractivity contribution in [3.8, 4) is 0 Å². The Bertz CT molecular complexity index is 537. The van der Waals surface area contributed by atoms with Crippen LogP contribution in [0.5, 0.6) is 0 Å². The summed E-state index contributed by atoms with van der Waals surface area (Å²) in [6.45, 7) is 2.04. The molecule has 1 aromatic rings. The van der Waals surface area contributed by atoms with Crippen LogP contribution in [0, 0.1) is 5.92 Å². The Morgan fingerprint density at radius 2 is 2.17 bits per heavy atom. The predicted molar refractivity (Wildman–Crippen MR) is 65.5 cm³/mol. The van der Waals surface area contributed by atoms with Gasteiger partial charge in [-0.2, -0.15) is 0 Å². The molecule has 1 aromatic heterocycles. The second kappa shape index (κ2) is 4.15. The van der Waals surface area contributed by atoms with Gasteiger partial charge in [0.15, 0.2) is 0 Å². The number of methoxy groups -OCH3 is 1. The lowest BCUT2D eigenvalue weighted by molar-refractivity contribution is 0.0830. The molecule has 0 radical (unpaired) electrons. The Morgan fingerprint density at radius 1 is 1.33 bits per heavy atom. The first kappa shape index (κ1) is 11.3. The Balaban J connectivity index is 1.95. The molecule has 18 heavy (non-hydrogen) atoms. The normalized spacial score (nSPS) is 25.5. The van der Waals surface area contributed by atoms with Crippen molar-refractivity contribution in [3.63, 3.8) is 0 Å². The summed E-state index contributed by atoms with van der Waals surface area (Å²) in [4.78, 5) is 25.2. The van der Waals surface area contributed by atoms with E-state index in [4.69, 9.17) is 4.74 Å². The maximum Gasteiger partial charge on any atom is 0.409 e. The van der Waals surface area contributed by atoms with Gasteiger partial charge in [-0.3, -0.25) is 4.79 Å². The summed E-state index contributed by atoms with van der Waals surface area (Å²) in [7, 11) is 1.41. The average Bonchev–Trinajstić information content (AvgIpc) is 2.39. The third-order valence-electron chi connectivity index (χ3n) is 3.91. The van der Waals surface area contributed by atoms with E-state index in [0.717, 1.165) is 12.1 Å². The summed E-state index contributed by atoms with van der Waals surface area (Å²) >= 11 is 0. The molecule has 1 amide bonds. The van der Waals surface area contributed by atoms with Crippen molar-refractivity contribution in [1.29, 1.82) is 0 Å². The van der Waals surface area contributed by atoms with E-state index in [1.807, 2.05) is 10.6 Å². The monoisotopic (exact) mass is 248 g/mol. The van der Waals surface area contributed by atoms with Crippen LogP contribution in [0.15, 0.2) is 23.0 Å². The minimum absolute atomic E-state index is 0.0636. The highest BCUT2D eigenvalue weighted by atomic mass is 16.5. The van der Waals surface area contributed by atoms with E-state index in [2.05, 4.69) is 0 Å². The number of carbonyl (C=O) groups excluding carboxylic acids is 1. The minimum Gasteiger partial charge on any atom is -0.453 e. The van der Waals surface area contributed by atoms with Crippen molar-refractivity contribution in [2.24, 2.45) is 5.92 Å². The van der Waals surface area contributed by atoms with Crippen molar-refractivity contribution in [2.45, 2.75) is 18.9 Å². The van der Waals surface area contributed by atoms with Gasteiger partial charge in [0.1, 0.15) is 0 Å². The van der Waals surface area contributed by atoms with Crippen LogP contribution in [0.2, 0.25) is 0 Å². The van der Waals surface area contributed by atoms with Crippen molar-refractivity contribution in [1.82, 2.24) is 9.47 Å². The van der Waals surface area contributed by atoms with Crippen LogP contribution < -0.4 is 5.56 Å². The molecule has 3 heterocycles. The Labute approximate surface area is 105 Å². The maximum absolute atomic E-state index is 11.8. The number of ether oxygens (including phenoxy) is 1. The number of rotatable bonds is 0. The lowest BCUT2D eigenvalue weighted by Gasteiger charge is -2.42. The second-order valence-electron chi connectivity index (χ2n) is 5.07. The molecule has 3 rings (SSSR count). The van der Waals surface area contributed by atoms with E-state index in [9.17, 15) is 9.59 Å². The predicted octanol–water partition coefficient (Wildman–Crippen LogP) is 1.03. The molecule has 5 nitrogen and oxygen atoms in total. The van der Waals surface area contributed by atoms with E-state index in [0.29, 0.717) is 25.6 Å². The number of aromatic nitrogens is 1. The van der Waals surface area contributed by atoms with Gasteiger partial charge in [0.2, 0.25) is 0 Å². The number of fused-ring (bicyclic) bond motifs is 4. The quantitative estimate of drug-likeness (QED) is 0.689. The van der Waals surface area contributed by atoms with Crippen molar-refractivity contribution in [3.05, 3.63) is 34.2 Å². The molecule has 2 atom stereocenters. The zero-order valence-corrected chi connectivity index (χ0v) is 10.3. The number of likely N-dealkylation sites (tertiary alicyclic amines) is 1. The van der Waals surface area contributed by atoms with Gasteiger partial charge in [0.05, 0.1) is 7.11 Å². The first-order valence-corrected chi connectivity index (χ1v) is 6.21. The smallest absolute Gasteiger partial charge is 0.409 e. The van der Waals surface area contributed by atoms with Gasteiger partial charge in [0, 0.05) is 37.3 Å². The molecule has 96 valence electrons. The fourth-order valence-electron chi connectivity index (χ4n) is 3.17. The third kappa shape index (κ3) is 1.70. The van der Waals surface area contributed by atoms with Gasteiger partial charge in [0.25, 0.3) is 5.56 Å². The van der Waals surface area contributed by atoms with Gasteiger partial charge < -0.3 is 14.2 Å². The molecular weight excluding hydrogens is 232 g/mol. The van der Waals surface area contributed by atoms with Crippen LogP contribution in [0.1, 0.15) is 18.0 Å². The SMILES string of the molecule is COC(=O)N1C[C@H]2C[C@H](C1)c1cccc(=O)n1C2. The van der Waals surface area contributed by atoms with E-state index in [-0.39, 0.29) is 17.6 Å². The molecule has 0 spiro atoms. The number of carbonyl (C=O) groups is 1. The highest BCUT2D eigenvalue weighted by Crippen LogP contribution is 2.34. The van der Waals surface area contributed by atoms with Crippen LogP contribution in [0.25, 0.3) is 0 Å². The summed E-state index contributed by atoms with van der Waals surface area (Å²) in [6, 6.07) is 5.39. The standard InChI is InChI=1S/C13H16N2O3/c1-18-13(17)14-6-9-5-10(8-14)11-3-2-4-12(16)15(11)7-9/h2-4,9-10H,5-8H2,1H3/t9-,10-/m1/s1. The van der Waals surface area contributed by atoms with E-state index >= 15 is 0 Å². The van der Waals surface area contributed by atoms with Crippen LogP contribution in [0.4, 0.5) is 4.79 Å². The molecule has 2 aliphatic rings. The topological polar surface area (TPSA) is 51.5 Å². The summed E-state index contributed by atoms with van der Waals surface area (Å²) < 4.78 is 6.64. The van der Waals surface area contributed by atoms with Crippen LogP contribution in [-0.2, 0) is 11.3 Å². The van der Waals surface area contributed by atoms with Crippen molar-refractivity contribution < 1.29 is 9.53 Å². The lowest BCUT2D eigenvalue weighted by Crippen LogP contribution is -2.49. The van der Waals surface area contributed by atoms with E-state index in [1.54, 1.807) is 17.0 Å². The largest absolute Gasteiger partial charge is 0.453 e. The molecule has 0 unspecified atom stereocenters. The lowest BCUT2D eigenvalue weighted by atomic mass is 9.83. The molecular formula is C13H16N2O3. The van der Waals surface area contributed by atoms with Gasteiger partial charge in [-0.1, -0.05) is 6.07 Å². The Hall–Kier alpha value is -1.78. The van der Waals surface area contributed by atoms with Crippen molar-refractivity contribution in [2.75, 3.05) is 20.2 Å². The molecule has 2 bridgehead atoms. The fraction of sp³-hybridized carbons (Fsp3) is 0.538. The number of hydrogen-bond donors (Lipinski definition) is 0. The number of pyridine rings is 1. The fourth-order valence-corrected chi connectivity index (χ4v) is 3.17. The van der Waals surface area contributed by atoms with Crippen LogP contribution in [0.3, 0.4) is 0 Å². The molecule has 0 saturated carbocycles. The molecule has 1 fully saturated rings. The van der Waals surface area contributed by atoms with Crippen molar-refractivity contribution >= 4 is 6.09 Å². The van der Waals surface area contributed by atoms with Gasteiger partial charge in [-0.15, -0.1) is 0 Å². The number of nitrogens with zero attached hydrogens (tertiary/aromatic N) is 2. The van der Waals surface area contributed by atoms with Gasteiger partial charge >= 0.3 is 6.09 Å². The average molecular weight is 248 g/mol. The highest BCUT2D eigenvalue weighted by Gasteiger charge is 2.36. The molecule has 1 saturated heterocycles. The summed E-state index contributed by atoms with van der Waals surface area (Å²) in [6.07, 6.45) is 0.785. The highest BCUT2D eigenvalue weighted by molar-refractivity contribution is 5.67. The first-order chi connectivity index (χ1) is 8.69. The molecule has 5 heteroatoms. The summed E-state index contributed by atoms with van der Waals surface area (Å²) in [5, 5.41) is 0. The van der Waals surface area contributed by atoms with Gasteiger partial charge in [-0.05, 0) is 18.4 Å². The van der Waals surface area contributed by atoms with E-state index < -0.39 is 0 Å². The summed E-state index contributed by atoms with van der Waals surface area (Å²) in [5.74, 6) is 0.612. The minimum atomic E-state index is -0.267. The van der Waals surface area contributed by atoms with Crippen LogP contribution in [-0.4, -0.2) is 35.8 Å². The molecule has 0 aromatic carbocycles. The van der Waals surface area contributed by atoms with Gasteiger partial charge in [-0.25, -0.2) is 4.79 Å². The molecule has 0 aliphatic carbocycles. The number of piperidine rings is 1. The Morgan fingerprint density at radius 3 is 2.94 bits per heavy atom.